The highest BCUT2D eigenvalue weighted by Crippen LogP contribution is 2.35. The van der Waals surface area contributed by atoms with Crippen molar-refractivity contribution >= 4 is 16.5 Å². The lowest BCUT2D eigenvalue weighted by Crippen LogP contribution is -2.12. The van der Waals surface area contributed by atoms with Crippen molar-refractivity contribution in [3.8, 4) is 22.8 Å². The molecule has 2 N–H and O–H groups in total. The predicted molar refractivity (Wildman–Crippen MR) is 107 cm³/mol. The van der Waals surface area contributed by atoms with Gasteiger partial charge in [-0.1, -0.05) is 0 Å². The molecular formula is C21H24N2O4. The van der Waals surface area contributed by atoms with Crippen LogP contribution in [-0.4, -0.2) is 50.7 Å². The summed E-state index contributed by atoms with van der Waals surface area (Å²) in [4.78, 5) is 4.68. The predicted octanol–water partition coefficient (Wildman–Crippen LogP) is 3.34. The Hall–Kier alpha value is -2.83. The highest BCUT2D eigenvalue weighted by atomic mass is 16.5. The third-order valence-corrected chi connectivity index (χ3v) is 4.24. The van der Waals surface area contributed by atoms with Crippen LogP contribution in [0.25, 0.3) is 22.0 Å². The molecular weight excluding hydrogens is 344 g/mol. The molecule has 0 radical (unpaired) electrons. The van der Waals surface area contributed by atoms with Gasteiger partial charge in [0.2, 0.25) is 0 Å². The molecule has 1 heterocycles. The van der Waals surface area contributed by atoms with Gasteiger partial charge in [0.05, 0.1) is 45.4 Å². The Balaban J connectivity index is 1.98. The number of anilines is 1. The summed E-state index contributed by atoms with van der Waals surface area (Å²) in [5.74, 6) is 1.59. The van der Waals surface area contributed by atoms with Gasteiger partial charge in [0.1, 0.15) is 11.5 Å². The maximum Gasteiger partial charge on any atom is 0.119 e. The van der Waals surface area contributed by atoms with Crippen LogP contribution in [0.5, 0.6) is 11.5 Å². The first-order valence-electron chi connectivity index (χ1n) is 8.80. The summed E-state index contributed by atoms with van der Waals surface area (Å²) in [5, 5.41) is 14.3. The molecule has 0 atom stereocenters. The summed E-state index contributed by atoms with van der Waals surface area (Å²) in [6.45, 7) is 1.45. The summed E-state index contributed by atoms with van der Waals surface area (Å²) in [7, 11) is 3.30. The Bertz CT molecular complexity index is 881. The van der Waals surface area contributed by atoms with Crippen LogP contribution in [0.3, 0.4) is 0 Å². The van der Waals surface area contributed by atoms with Crippen LogP contribution < -0.4 is 14.8 Å². The molecule has 27 heavy (non-hydrogen) atoms. The maximum absolute atomic E-state index is 8.83. The first kappa shape index (κ1) is 18.9. The first-order valence-corrected chi connectivity index (χ1v) is 8.80. The molecule has 0 saturated heterocycles. The van der Waals surface area contributed by atoms with Crippen molar-refractivity contribution < 1.29 is 19.3 Å². The number of benzene rings is 2. The van der Waals surface area contributed by atoms with E-state index in [9.17, 15) is 0 Å². The highest BCUT2D eigenvalue weighted by Gasteiger charge is 2.12. The van der Waals surface area contributed by atoms with Crippen molar-refractivity contribution in [3.63, 3.8) is 0 Å². The Morgan fingerprint density at radius 3 is 2.41 bits per heavy atom. The molecule has 1 aromatic heterocycles. The Kier molecular flexibility index (Phi) is 6.46. The molecule has 6 nitrogen and oxygen atoms in total. The number of aliphatic hydroxyl groups is 1. The number of rotatable bonds is 9. The Morgan fingerprint density at radius 1 is 0.963 bits per heavy atom. The fraction of sp³-hybridized carbons (Fsp3) is 0.286. The zero-order valence-electron chi connectivity index (χ0n) is 15.6. The van der Waals surface area contributed by atoms with Crippen molar-refractivity contribution in [1.29, 1.82) is 0 Å². The lowest BCUT2D eigenvalue weighted by atomic mass is 10.0. The van der Waals surface area contributed by atoms with E-state index in [2.05, 4.69) is 10.3 Å². The van der Waals surface area contributed by atoms with Crippen LogP contribution in [0.15, 0.2) is 48.7 Å². The summed E-state index contributed by atoms with van der Waals surface area (Å²) in [6, 6.07) is 13.8. The third kappa shape index (κ3) is 4.48. The molecule has 2 aromatic carbocycles. The molecule has 0 aliphatic rings. The lowest BCUT2D eigenvalue weighted by Gasteiger charge is -2.15. The van der Waals surface area contributed by atoms with Crippen molar-refractivity contribution in [3.05, 3.63) is 48.7 Å². The number of hydrogen-bond donors (Lipinski definition) is 2. The molecule has 3 aromatic rings. The van der Waals surface area contributed by atoms with Crippen molar-refractivity contribution in [2.75, 3.05) is 45.9 Å². The Labute approximate surface area is 158 Å². The third-order valence-electron chi connectivity index (χ3n) is 4.24. The number of nitrogens with one attached hydrogen (secondary N) is 1. The zero-order valence-corrected chi connectivity index (χ0v) is 15.6. The summed E-state index contributed by atoms with van der Waals surface area (Å²) < 4.78 is 15.9. The van der Waals surface area contributed by atoms with Gasteiger partial charge < -0.3 is 24.6 Å². The number of aliphatic hydroxyl groups excluding tert-OH is 1. The number of aromatic nitrogens is 1. The molecule has 0 aliphatic carbocycles. The fourth-order valence-corrected chi connectivity index (χ4v) is 2.89. The van der Waals surface area contributed by atoms with Gasteiger partial charge in [-0.3, -0.25) is 4.98 Å². The van der Waals surface area contributed by atoms with E-state index in [0.29, 0.717) is 19.8 Å². The van der Waals surface area contributed by atoms with E-state index >= 15 is 0 Å². The number of methoxy groups -OCH3 is 2. The van der Waals surface area contributed by atoms with Crippen LogP contribution in [0.2, 0.25) is 0 Å². The van der Waals surface area contributed by atoms with E-state index in [1.54, 1.807) is 14.2 Å². The van der Waals surface area contributed by atoms with Crippen molar-refractivity contribution in [2.45, 2.75) is 0 Å². The molecule has 0 saturated carbocycles. The van der Waals surface area contributed by atoms with Crippen LogP contribution in [0, 0.1) is 0 Å². The number of pyridine rings is 1. The fourth-order valence-electron chi connectivity index (χ4n) is 2.89. The van der Waals surface area contributed by atoms with Crippen molar-refractivity contribution in [2.24, 2.45) is 0 Å². The van der Waals surface area contributed by atoms with Crippen LogP contribution in [0.4, 0.5) is 5.69 Å². The molecule has 0 bridgehead atoms. The molecule has 0 unspecified atom stereocenters. The SMILES string of the molecule is COc1ccc(-c2ncc3cc(OC)ccc3c2NCCOCCO)cc1. The van der Waals surface area contributed by atoms with Crippen molar-refractivity contribution in [1.82, 2.24) is 4.98 Å². The minimum absolute atomic E-state index is 0.0206. The van der Waals surface area contributed by atoms with E-state index in [1.807, 2.05) is 48.7 Å². The van der Waals surface area contributed by atoms with Gasteiger partial charge in [0.25, 0.3) is 0 Å². The second-order valence-corrected chi connectivity index (χ2v) is 5.93. The summed E-state index contributed by atoms with van der Waals surface area (Å²) in [5.41, 5.74) is 2.79. The maximum atomic E-state index is 8.83. The van der Waals surface area contributed by atoms with E-state index in [1.165, 1.54) is 0 Å². The van der Waals surface area contributed by atoms with Crippen LogP contribution >= 0.6 is 0 Å². The van der Waals surface area contributed by atoms with Crippen LogP contribution in [0.1, 0.15) is 0 Å². The normalized spacial score (nSPS) is 10.8. The molecule has 142 valence electrons. The zero-order chi connectivity index (χ0) is 19.1. The highest BCUT2D eigenvalue weighted by molar-refractivity contribution is 6.00. The average molecular weight is 368 g/mol. The monoisotopic (exact) mass is 368 g/mol. The molecule has 0 spiro atoms. The first-order chi connectivity index (χ1) is 13.3. The van der Waals surface area contributed by atoms with E-state index in [0.717, 1.165) is 39.2 Å². The molecule has 0 aliphatic heterocycles. The van der Waals surface area contributed by atoms with Gasteiger partial charge in [-0.15, -0.1) is 0 Å². The Morgan fingerprint density at radius 2 is 1.70 bits per heavy atom. The minimum Gasteiger partial charge on any atom is -0.497 e. The second kappa shape index (κ2) is 9.21. The largest absolute Gasteiger partial charge is 0.497 e. The quantitative estimate of drug-likeness (QED) is 0.565. The molecule has 0 amide bonds. The smallest absolute Gasteiger partial charge is 0.119 e. The van der Waals surface area contributed by atoms with Gasteiger partial charge >= 0.3 is 0 Å². The van der Waals surface area contributed by atoms with E-state index < -0.39 is 0 Å². The standard InChI is InChI=1S/C21H24N2O4/c1-25-17-5-3-15(4-6-17)20-21(22-9-11-27-12-10-24)19-8-7-18(26-2)13-16(19)14-23-20/h3-8,13-14,22,24H,9-12H2,1-2H3. The lowest BCUT2D eigenvalue weighted by molar-refractivity contribution is 0.0992. The van der Waals surface area contributed by atoms with Gasteiger partial charge in [0.15, 0.2) is 0 Å². The molecule has 6 heteroatoms. The summed E-state index contributed by atoms with van der Waals surface area (Å²) in [6.07, 6.45) is 1.85. The number of hydrogen-bond acceptors (Lipinski definition) is 6. The minimum atomic E-state index is 0.0206. The number of fused-ring (bicyclic) bond motifs is 1. The topological polar surface area (TPSA) is 72.8 Å². The summed E-state index contributed by atoms with van der Waals surface area (Å²) >= 11 is 0. The van der Waals surface area contributed by atoms with Gasteiger partial charge in [-0.05, 0) is 42.5 Å². The van der Waals surface area contributed by atoms with Gasteiger partial charge in [0, 0.05) is 29.1 Å². The average Bonchev–Trinajstić information content (AvgIpc) is 2.73. The van der Waals surface area contributed by atoms with E-state index in [4.69, 9.17) is 19.3 Å². The number of nitrogens with zero attached hydrogens (tertiary/aromatic N) is 1. The van der Waals surface area contributed by atoms with E-state index in [-0.39, 0.29) is 6.61 Å². The second-order valence-electron chi connectivity index (χ2n) is 5.93. The molecule has 0 fully saturated rings. The number of ether oxygens (including phenoxy) is 3. The van der Waals surface area contributed by atoms with Gasteiger partial charge in [-0.2, -0.15) is 0 Å². The van der Waals surface area contributed by atoms with Gasteiger partial charge in [-0.25, -0.2) is 0 Å². The van der Waals surface area contributed by atoms with Crippen LogP contribution in [-0.2, 0) is 4.74 Å². The molecule has 3 rings (SSSR count).